The molecule has 2 N–H and O–H groups in total. The van der Waals surface area contributed by atoms with Crippen molar-refractivity contribution in [3.8, 4) is 5.88 Å². The van der Waals surface area contributed by atoms with Gasteiger partial charge in [0.25, 0.3) is 11.5 Å². The highest BCUT2D eigenvalue weighted by atomic mass is 16.5. The van der Waals surface area contributed by atoms with Gasteiger partial charge in [0.15, 0.2) is 5.56 Å². The van der Waals surface area contributed by atoms with Crippen molar-refractivity contribution in [2.75, 3.05) is 13.2 Å². The molecule has 3 aliphatic rings. The lowest BCUT2D eigenvalue weighted by molar-refractivity contribution is -0.145. The van der Waals surface area contributed by atoms with Crippen molar-refractivity contribution < 1.29 is 19.4 Å². The van der Waals surface area contributed by atoms with E-state index in [1.807, 2.05) is 18.7 Å². The molecule has 0 spiro atoms. The number of carbonyl (C=O) groups excluding carboxylic acids is 2. The second-order valence-corrected chi connectivity index (χ2v) is 9.95. The van der Waals surface area contributed by atoms with Crippen LogP contribution in [0.25, 0.3) is 11.7 Å². The number of aromatic nitrogens is 3. The minimum atomic E-state index is -0.681. The largest absolute Gasteiger partial charge is 0.494 e. The summed E-state index contributed by atoms with van der Waals surface area (Å²) in [5.74, 6) is -0.947. The Morgan fingerprint density at radius 1 is 1.24 bits per heavy atom. The predicted molar refractivity (Wildman–Crippen MR) is 125 cm³/mol. The van der Waals surface area contributed by atoms with E-state index in [0.717, 1.165) is 36.6 Å². The molecule has 2 saturated heterocycles. The number of carbonyl (C=O) groups is 2. The van der Waals surface area contributed by atoms with Crippen molar-refractivity contribution in [1.29, 1.82) is 0 Å². The second-order valence-electron chi connectivity index (χ2n) is 9.95. The lowest BCUT2D eigenvalue weighted by Gasteiger charge is -2.45. The Labute approximate surface area is 197 Å². The molecule has 2 aromatic rings. The van der Waals surface area contributed by atoms with E-state index in [1.165, 1.54) is 16.8 Å². The topological polar surface area (TPSA) is 118 Å². The fourth-order valence-corrected chi connectivity index (χ4v) is 4.99. The third-order valence-electron chi connectivity index (χ3n) is 6.74. The Morgan fingerprint density at radius 2 is 1.94 bits per heavy atom. The van der Waals surface area contributed by atoms with Crippen molar-refractivity contribution in [2.45, 2.75) is 70.6 Å². The number of ether oxygens (including phenoxy) is 1. The van der Waals surface area contributed by atoms with Crippen LogP contribution in [0.5, 0.6) is 5.88 Å². The van der Waals surface area contributed by atoms with Crippen LogP contribution in [0.2, 0.25) is 0 Å². The maximum atomic E-state index is 13.1. The van der Waals surface area contributed by atoms with E-state index >= 15 is 0 Å². The molecule has 10 nitrogen and oxygen atoms in total. The smallest absolute Gasteiger partial charge is 0.291 e. The summed E-state index contributed by atoms with van der Waals surface area (Å²) in [6.07, 6.45) is 9.31. The van der Waals surface area contributed by atoms with Crippen LogP contribution in [0.15, 0.2) is 17.1 Å². The SMILES string of the molecule is CC(C)Cn1c(O)c(C(=O)NC2CC2)c(=O)n2ncc(/C=C/C(=O)N3C4CCCC3COC4)c12. The summed E-state index contributed by atoms with van der Waals surface area (Å²) in [7, 11) is 0. The molecular formula is C24H31N5O5. The molecule has 0 aromatic carbocycles. The molecule has 10 heteroatoms. The molecule has 5 rings (SSSR count). The third-order valence-corrected chi connectivity index (χ3v) is 6.74. The number of nitrogens with zero attached hydrogens (tertiary/aromatic N) is 4. The van der Waals surface area contributed by atoms with Crippen molar-refractivity contribution in [2.24, 2.45) is 5.92 Å². The quantitative estimate of drug-likeness (QED) is 0.620. The number of aromatic hydroxyl groups is 1. The van der Waals surface area contributed by atoms with E-state index in [4.69, 9.17) is 4.74 Å². The normalized spacial score (nSPS) is 22.6. The minimum Gasteiger partial charge on any atom is -0.494 e. The zero-order chi connectivity index (χ0) is 24.0. The molecule has 3 fully saturated rings. The van der Waals surface area contributed by atoms with Gasteiger partial charge in [0.1, 0.15) is 5.65 Å². The molecule has 0 radical (unpaired) electrons. The summed E-state index contributed by atoms with van der Waals surface area (Å²) < 4.78 is 8.31. The monoisotopic (exact) mass is 469 g/mol. The Bertz CT molecular complexity index is 1190. The molecule has 2 aliphatic heterocycles. The van der Waals surface area contributed by atoms with Gasteiger partial charge >= 0.3 is 0 Å². The van der Waals surface area contributed by atoms with Crippen molar-refractivity contribution in [1.82, 2.24) is 24.4 Å². The van der Waals surface area contributed by atoms with Crippen LogP contribution in [0.1, 0.15) is 61.9 Å². The maximum Gasteiger partial charge on any atom is 0.291 e. The predicted octanol–water partition coefficient (Wildman–Crippen LogP) is 1.54. The van der Waals surface area contributed by atoms with Gasteiger partial charge in [-0.15, -0.1) is 0 Å². The Kier molecular flexibility index (Phi) is 5.93. The molecule has 2 amide bonds. The number of hydrogen-bond acceptors (Lipinski definition) is 6. The first-order valence-electron chi connectivity index (χ1n) is 12.1. The van der Waals surface area contributed by atoms with Gasteiger partial charge in [0.2, 0.25) is 11.8 Å². The fourth-order valence-electron chi connectivity index (χ4n) is 4.99. The first kappa shape index (κ1) is 22.6. The summed E-state index contributed by atoms with van der Waals surface area (Å²) in [4.78, 5) is 40.8. The summed E-state index contributed by atoms with van der Waals surface area (Å²) in [5, 5.41) is 18.0. The van der Waals surface area contributed by atoms with Crippen LogP contribution in [0.3, 0.4) is 0 Å². The summed E-state index contributed by atoms with van der Waals surface area (Å²) in [6.45, 7) is 5.43. The highest BCUT2D eigenvalue weighted by molar-refractivity contribution is 5.97. The average molecular weight is 470 g/mol. The van der Waals surface area contributed by atoms with E-state index < -0.39 is 11.5 Å². The van der Waals surface area contributed by atoms with Gasteiger partial charge in [-0.05, 0) is 44.1 Å². The van der Waals surface area contributed by atoms with Crippen LogP contribution in [0, 0.1) is 5.92 Å². The molecule has 2 unspecified atom stereocenters. The zero-order valence-corrected chi connectivity index (χ0v) is 19.6. The Hall–Kier alpha value is -3.14. The number of morpholine rings is 1. The zero-order valence-electron chi connectivity index (χ0n) is 19.6. The molecule has 2 atom stereocenters. The molecule has 1 saturated carbocycles. The van der Waals surface area contributed by atoms with E-state index in [1.54, 1.807) is 6.08 Å². The molecule has 4 heterocycles. The first-order valence-corrected chi connectivity index (χ1v) is 12.1. The summed E-state index contributed by atoms with van der Waals surface area (Å²) >= 11 is 0. The van der Waals surface area contributed by atoms with Gasteiger partial charge in [-0.1, -0.05) is 13.8 Å². The van der Waals surface area contributed by atoms with Gasteiger partial charge in [-0.3, -0.25) is 19.0 Å². The highest BCUT2D eigenvalue weighted by Crippen LogP contribution is 2.28. The highest BCUT2D eigenvalue weighted by Gasteiger charge is 2.37. The number of piperidine rings is 1. The number of nitrogens with one attached hydrogen (secondary N) is 1. The van der Waals surface area contributed by atoms with Crippen molar-refractivity contribution in [3.63, 3.8) is 0 Å². The second kappa shape index (κ2) is 8.90. The van der Waals surface area contributed by atoms with Gasteiger partial charge in [-0.2, -0.15) is 9.61 Å². The number of rotatable bonds is 6. The van der Waals surface area contributed by atoms with Gasteiger partial charge in [0.05, 0.1) is 31.5 Å². The van der Waals surface area contributed by atoms with Crippen molar-refractivity contribution in [3.05, 3.63) is 33.8 Å². The molecular weight excluding hydrogens is 438 g/mol. The van der Waals surface area contributed by atoms with Gasteiger partial charge in [0, 0.05) is 24.2 Å². The van der Waals surface area contributed by atoms with E-state index in [9.17, 15) is 19.5 Å². The van der Waals surface area contributed by atoms with Crippen LogP contribution in [0.4, 0.5) is 0 Å². The minimum absolute atomic E-state index is 0.0438. The average Bonchev–Trinajstić information content (AvgIpc) is 3.49. The first-order chi connectivity index (χ1) is 16.3. The van der Waals surface area contributed by atoms with E-state index in [-0.39, 0.29) is 41.4 Å². The molecule has 34 heavy (non-hydrogen) atoms. The van der Waals surface area contributed by atoms with Crippen molar-refractivity contribution >= 4 is 23.5 Å². The fraction of sp³-hybridized carbons (Fsp3) is 0.583. The van der Waals surface area contributed by atoms with E-state index in [2.05, 4.69) is 10.4 Å². The molecule has 182 valence electrons. The van der Waals surface area contributed by atoms with E-state index in [0.29, 0.717) is 31.0 Å². The Balaban J connectivity index is 1.52. The summed E-state index contributed by atoms with van der Waals surface area (Å²) in [6, 6.07) is 0.218. The van der Waals surface area contributed by atoms with Gasteiger partial charge in [-0.25, -0.2) is 0 Å². The maximum absolute atomic E-state index is 13.1. The van der Waals surface area contributed by atoms with Crippen LogP contribution in [-0.4, -0.2) is 67.3 Å². The van der Waals surface area contributed by atoms with Crippen LogP contribution >= 0.6 is 0 Å². The number of fused-ring (bicyclic) bond motifs is 3. The molecule has 2 bridgehead atoms. The standard InChI is InChI=1S/C24H31N5O5/c1-14(2)11-27-22-15(6-9-19(30)28-17-4-3-5-18(28)13-34-12-17)10-25-29(22)24(33)20(23(27)32)21(31)26-16-7-8-16/h6,9-10,14,16-18,32H,3-5,7-8,11-13H2,1-2H3,(H,26,31)/b9-6+. The molecule has 2 aromatic heterocycles. The van der Waals surface area contributed by atoms with Crippen LogP contribution < -0.4 is 10.9 Å². The Morgan fingerprint density at radius 3 is 2.59 bits per heavy atom. The lowest BCUT2D eigenvalue weighted by Crippen LogP contribution is -2.56. The number of amides is 2. The molecule has 1 aliphatic carbocycles. The number of hydrogen-bond donors (Lipinski definition) is 2. The third kappa shape index (κ3) is 4.11. The van der Waals surface area contributed by atoms with Crippen LogP contribution in [-0.2, 0) is 16.1 Å². The summed E-state index contributed by atoms with van der Waals surface area (Å²) in [5.41, 5.74) is -0.116. The van der Waals surface area contributed by atoms with Gasteiger partial charge < -0.3 is 20.1 Å². The lowest BCUT2D eigenvalue weighted by atomic mass is 9.94.